The predicted molar refractivity (Wildman–Crippen MR) is 79.6 cm³/mol. The molecule has 0 heterocycles. The summed E-state index contributed by atoms with van der Waals surface area (Å²) in [6.07, 6.45) is 0. The summed E-state index contributed by atoms with van der Waals surface area (Å²) in [6, 6.07) is 10.4. The third-order valence-electron chi connectivity index (χ3n) is 3.04. The zero-order valence-electron chi connectivity index (χ0n) is 12.1. The topological polar surface area (TPSA) is 73.8 Å². The maximum atomic E-state index is 13.9. The van der Waals surface area contributed by atoms with Crippen molar-refractivity contribution in [3.8, 4) is 5.75 Å². The number of aromatic carboxylic acids is 1. The van der Waals surface area contributed by atoms with Gasteiger partial charge in [0, 0.05) is 11.6 Å². The highest BCUT2D eigenvalue weighted by atomic mass is 19.1. The van der Waals surface area contributed by atoms with Crippen LogP contribution in [0.4, 0.5) is 10.1 Å². The SMILES string of the molecule is COc1ccc(/C(C)=N/Nc2ccc(C(=O)[O-])cc2)c(F)c1. The van der Waals surface area contributed by atoms with E-state index in [-0.39, 0.29) is 5.56 Å². The lowest BCUT2D eigenvalue weighted by Gasteiger charge is -2.07. The molecule has 1 N–H and O–H groups in total. The van der Waals surface area contributed by atoms with Crippen molar-refractivity contribution in [2.75, 3.05) is 12.5 Å². The molecule has 0 atom stereocenters. The molecule has 0 saturated heterocycles. The highest BCUT2D eigenvalue weighted by Crippen LogP contribution is 2.17. The normalized spacial score (nSPS) is 11.1. The smallest absolute Gasteiger partial charge is 0.135 e. The van der Waals surface area contributed by atoms with Crippen LogP contribution in [0.15, 0.2) is 47.6 Å². The Bertz CT molecular complexity index is 712. The third kappa shape index (κ3) is 3.60. The van der Waals surface area contributed by atoms with Gasteiger partial charge in [-0.05, 0) is 36.8 Å². The Kier molecular flexibility index (Phi) is 4.73. The largest absolute Gasteiger partial charge is 0.545 e. The molecule has 114 valence electrons. The van der Waals surface area contributed by atoms with E-state index in [0.717, 1.165) is 0 Å². The molecule has 5 nitrogen and oxygen atoms in total. The molecule has 0 fully saturated rings. The number of hydrogen-bond donors (Lipinski definition) is 1. The number of carbonyl (C=O) groups excluding carboxylic acids is 1. The fourth-order valence-corrected chi connectivity index (χ4v) is 1.81. The number of carboxylic acid groups (broad SMARTS) is 1. The van der Waals surface area contributed by atoms with Crippen molar-refractivity contribution < 1.29 is 19.0 Å². The minimum absolute atomic E-state index is 0.0763. The van der Waals surface area contributed by atoms with Gasteiger partial charge in [0.15, 0.2) is 0 Å². The van der Waals surface area contributed by atoms with Gasteiger partial charge >= 0.3 is 0 Å². The molecule has 0 aliphatic heterocycles. The number of nitrogens with one attached hydrogen (secondary N) is 1. The van der Waals surface area contributed by atoms with E-state index in [1.165, 1.54) is 25.3 Å². The summed E-state index contributed by atoms with van der Waals surface area (Å²) in [5.41, 5.74) is 4.19. The van der Waals surface area contributed by atoms with E-state index in [2.05, 4.69) is 10.5 Å². The van der Waals surface area contributed by atoms with Crippen molar-refractivity contribution in [3.05, 3.63) is 59.4 Å². The molecule has 0 aromatic heterocycles. The average molecular weight is 301 g/mol. The van der Waals surface area contributed by atoms with E-state index >= 15 is 0 Å². The summed E-state index contributed by atoms with van der Waals surface area (Å²) < 4.78 is 18.8. The first-order valence-corrected chi connectivity index (χ1v) is 6.47. The molecule has 6 heteroatoms. The first-order chi connectivity index (χ1) is 10.5. The lowest BCUT2D eigenvalue weighted by Crippen LogP contribution is -2.21. The number of anilines is 1. The van der Waals surface area contributed by atoms with Crippen LogP contribution in [0.3, 0.4) is 0 Å². The minimum atomic E-state index is -1.24. The van der Waals surface area contributed by atoms with Crippen LogP contribution in [0.5, 0.6) is 5.75 Å². The van der Waals surface area contributed by atoms with Gasteiger partial charge in [0.25, 0.3) is 0 Å². The summed E-state index contributed by atoms with van der Waals surface area (Å²) in [7, 11) is 1.47. The summed E-state index contributed by atoms with van der Waals surface area (Å²) in [5.74, 6) is -1.25. The molecule has 0 aliphatic rings. The lowest BCUT2D eigenvalue weighted by atomic mass is 10.1. The third-order valence-corrected chi connectivity index (χ3v) is 3.04. The minimum Gasteiger partial charge on any atom is -0.545 e. The van der Waals surface area contributed by atoms with Crippen LogP contribution in [0.1, 0.15) is 22.8 Å². The van der Waals surface area contributed by atoms with Crippen molar-refractivity contribution >= 4 is 17.4 Å². The van der Waals surface area contributed by atoms with Crippen molar-refractivity contribution in [3.63, 3.8) is 0 Å². The van der Waals surface area contributed by atoms with E-state index < -0.39 is 11.8 Å². The Morgan fingerprint density at radius 2 is 1.91 bits per heavy atom. The number of carbonyl (C=O) groups is 1. The summed E-state index contributed by atoms with van der Waals surface area (Å²) >= 11 is 0. The van der Waals surface area contributed by atoms with Crippen LogP contribution >= 0.6 is 0 Å². The van der Waals surface area contributed by atoms with Crippen LogP contribution in [0.2, 0.25) is 0 Å². The molecule has 2 aromatic carbocycles. The zero-order chi connectivity index (χ0) is 16.1. The molecular formula is C16H14FN2O3-. The molecule has 0 spiro atoms. The molecule has 0 aliphatic carbocycles. The summed E-state index contributed by atoms with van der Waals surface area (Å²) in [6.45, 7) is 1.66. The van der Waals surface area contributed by atoms with E-state index in [4.69, 9.17) is 4.74 Å². The maximum Gasteiger partial charge on any atom is 0.135 e. The molecule has 0 amide bonds. The first-order valence-electron chi connectivity index (χ1n) is 6.47. The second-order valence-corrected chi connectivity index (χ2v) is 4.52. The van der Waals surface area contributed by atoms with Gasteiger partial charge in [-0.1, -0.05) is 12.1 Å². The van der Waals surface area contributed by atoms with Gasteiger partial charge < -0.3 is 14.6 Å². The lowest BCUT2D eigenvalue weighted by molar-refractivity contribution is -0.255. The van der Waals surface area contributed by atoms with Gasteiger partial charge in [-0.25, -0.2) is 4.39 Å². The molecule has 0 radical (unpaired) electrons. The number of hydrogen-bond acceptors (Lipinski definition) is 5. The van der Waals surface area contributed by atoms with Gasteiger partial charge in [0.2, 0.25) is 0 Å². The van der Waals surface area contributed by atoms with Crippen LogP contribution < -0.4 is 15.3 Å². The van der Waals surface area contributed by atoms with Crippen LogP contribution in [-0.2, 0) is 0 Å². The van der Waals surface area contributed by atoms with Gasteiger partial charge in [-0.3, -0.25) is 5.43 Å². The second kappa shape index (κ2) is 6.71. The molecular weight excluding hydrogens is 287 g/mol. The molecule has 0 saturated carbocycles. The Morgan fingerprint density at radius 1 is 1.23 bits per heavy atom. The van der Waals surface area contributed by atoms with Gasteiger partial charge in [0.1, 0.15) is 11.6 Å². The van der Waals surface area contributed by atoms with Gasteiger partial charge in [-0.15, -0.1) is 0 Å². The number of hydrazone groups is 1. The number of carboxylic acids is 1. The van der Waals surface area contributed by atoms with E-state index in [0.29, 0.717) is 22.7 Å². The number of nitrogens with zero attached hydrogens (tertiary/aromatic N) is 1. The monoisotopic (exact) mass is 301 g/mol. The number of halogens is 1. The van der Waals surface area contributed by atoms with Crippen molar-refractivity contribution in [2.24, 2.45) is 5.10 Å². The number of methoxy groups -OCH3 is 1. The zero-order valence-corrected chi connectivity index (χ0v) is 12.1. The first kappa shape index (κ1) is 15.5. The van der Waals surface area contributed by atoms with Gasteiger partial charge in [0.05, 0.1) is 24.5 Å². The Morgan fingerprint density at radius 3 is 2.45 bits per heavy atom. The van der Waals surface area contributed by atoms with Crippen molar-refractivity contribution in [2.45, 2.75) is 6.92 Å². The van der Waals surface area contributed by atoms with Crippen LogP contribution in [0.25, 0.3) is 0 Å². The Hall–Kier alpha value is -2.89. The van der Waals surface area contributed by atoms with Crippen LogP contribution in [0, 0.1) is 5.82 Å². The quantitative estimate of drug-likeness (QED) is 0.677. The average Bonchev–Trinajstić information content (AvgIpc) is 2.52. The molecule has 0 unspecified atom stereocenters. The second-order valence-electron chi connectivity index (χ2n) is 4.52. The summed E-state index contributed by atoms with van der Waals surface area (Å²) in [4.78, 5) is 10.6. The van der Waals surface area contributed by atoms with E-state index in [1.54, 1.807) is 31.2 Å². The van der Waals surface area contributed by atoms with E-state index in [1.807, 2.05) is 0 Å². The number of ether oxygens (including phenoxy) is 1. The number of rotatable bonds is 5. The van der Waals surface area contributed by atoms with Crippen molar-refractivity contribution in [1.29, 1.82) is 0 Å². The molecule has 22 heavy (non-hydrogen) atoms. The van der Waals surface area contributed by atoms with E-state index in [9.17, 15) is 14.3 Å². The Balaban J connectivity index is 2.14. The summed E-state index contributed by atoms with van der Waals surface area (Å²) in [5, 5.41) is 14.7. The Labute approximate surface area is 127 Å². The van der Waals surface area contributed by atoms with Gasteiger partial charge in [-0.2, -0.15) is 5.10 Å². The molecule has 2 rings (SSSR count). The standard InChI is InChI=1S/C16H15FN2O3/c1-10(14-8-7-13(22-2)9-15(14)17)18-19-12-5-3-11(4-6-12)16(20)21/h3-9,19H,1-2H3,(H,20,21)/p-1/b18-10+. The molecule has 2 aromatic rings. The highest BCUT2D eigenvalue weighted by molar-refractivity contribution is 5.99. The molecule has 0 bridgehead atoms. The van der Waals surface area contributed by atoms with Crippen molar-refractivity contribution in [1.82, 2.24) is 0 Å². The number of benzene rings is 2. The maximum absolute atomic E-state index is 13.9. The highest BCUT2D eigenvalue weighted by Gasteiger charge is 2.07. The predicted octanol–water partition coefficient (Wildman–Crippen LogP) is 2.03. The fourth-order valence-electron chi connectivity index (χ4n) is 1.81. The van der Waals surface area contributed by atoms with Crippen LogP contribution in [-0.4, -0.2) is 18.8 Å². The fraction of sp³-hybridized carbons (Fsp3) is 0.125.